The second kappa shape index (κ2) is 30.2. The molecular weight excluding hydrogens is 1320 g/mol. The van der Waals surface area contributed by atoms with Gasteiger partial charge in [-0.2, -0.15) is 0 Å². The van der Waals surface area contributed by atoms with Gasteiger partial charge in [0.25, 0.3) is 17.7 Å². The van der Waals surface area contributed by atoms with Crippen LogP contribution in [0.4, 0.5) is 0 Å². The molecule has 0 N–H and O–H groups in total. The molecule has 1 atom stereocenters. The van der Waals surface area contributed by atoms with Crippen molar-refractivity contribution in [2.75, 3.05) is 65.5 Å². The Kier molecular flexibility index (Phi) is 22.5. The average molecular weight is 1410 g/mol. The number of halogens is 1. The Morgan fingerprint density at radius 3 is 1.23 bits per heavy atom. The number of methoxy groups -OCH3 is 3. The molecule has 3 amide bonds. The van der Waals surface area contributed by atoms with Crippen LogP contribution in [0.15, 0.2) is 127 Å². The fourth-order valence-corrected chi connectivity index (χ4v) is 13.4. The van der Waals surface area contributed by atoms with Gasteiger partial charge in [-0.05, 0) is 151 Å². The highest BCUT2D eigenvalue weighted by molar-refractivity contribution is 14.1. The molecule has 19 heteroatoms. The number of benzene rings is 6. The highest BCUT2D eigenvalue weighted by Crippen LogP contribution is 2.51. The van der Waals surface area contributed by atoms with E-state index < -0.39 is 22.2 Å². The lowest BCUT2D eigenvalue weighted by molar-refractivity contribution is -0.0728. The Balaban J connectivity index is 0.000000165. The predicted molar refractivity (Wildman–Crippen MR) is 372 cm³/mol. The molecule has 95 heavy (non-hydrogen) atoms. The molecule has 6 aromatic carbocycles. The fourth-order valence-electron chi connectivity index (χ4n) is 13.4. The van der Waals surface area contributed by atoms with Gasteiger partial charge in [-0.25, -0.2) is 0 Å². The SMILES string of the molecule is CI.COc1cc(C(=O)N2CCC3(CC2)CC(=O)c2ccccc2O3)ccc1OC(C)C.COc1cc(C(=O)N2CCC3(CC2)Oc2ccccc2C(=O)C3(C)C)ccc1OC(C)C.COc1cc(C(=O)N2CCC3(CC2)Oc2ccccc2C(=O)C3C)ccc1OC(C)C. The van der Waals surface area contributed by atoms with Gasteiger partial charge < -0.3 is 57.3 Å². The Morgan fingerprint density at radius 2 is 0.821 bits per heavy atom. The number of ether oxygens (including phenoxy) is 9. The lowest BCUT2D eigenvalue weighted by atomic mass is 9.64. The quantitative estimate of drug-likeness (QED) is 0.0828. The second-order valence-electron chi connectivity index (χ2n) is 26.2. The number of alkyl halides is 1. The molecule has 18 nitrogen and oxygen atoms in total. The Hall–Kier alpha value is -8.33. The van der Waals surface area contributed by atoms with Gasteiger partial charge >= 0.3 is 0 Å². The first-order valence-electron chi connectivity index (χ1n) is 32.7. The van der Waals surface area contributed by atoms with Crippen LogP contribution in [-0.2, 0) is 0 Å². The summed E-state index contributed by atoms with van der Waals surface area (Å²) in [6.07, 6.45) is 4.08. The Morgan fingerprint density at radius 1 is 0.463 bits per heavy atom. The van der Waals surface area contributed by atoms with Crippen LogP contribution >= 0.6 is 22.6 Å². The maximum absolute atomic E-state index is 13.2. The second-order valence-corrected chi connectivity index (χ2v) is 26.2. The van der Waals surface area contributed by atoms with E-state index in [4.69, 9.17) is 42.6 Å². The summed E-state index contributed by atoms with van der Waals surface area (Å²) in [5.41, 5.74) is 1.23. The number of ketones is 3. The minimum absolute atomic E-state index is 0.00965. The maximum atomic E-state index is 13.2. The third-order valence-electron chi connectivity index (χ3n) is 18.8. The van der Waals surface area contributed by atoms with Crippen molar-refractivity contribution in [3.05, 3.63) is 161 Å². The smallest absolute Gasteiger partial charge is 0.253 e. The number of piperidine rings is 3. The molecule has 0 aliphatic carbocycles. The van der Waals surface area contributed by atoms with Crippen LogP contribution in [0.25, 0.3) is 0 Å². The molecular formula is C76H90IN3O15. The van der Waals surface area contributed by atoms with Crippen LogP contribution in [-0.4, -0.2) is 150 Å². The van der Waals surface area contributed by atoms with Crippen molar-refractivity contribution in [1.29, 1.82) is 0 Å². The normalized spacial score (nSPS) is 18.3. The molecule has 0 saturated carbocycles. The number of carbonyl (C=O) groups is 6. The zero-order chi connectivity index (χ0) is 68.6. The third-order valence-corrected chi connectivity index (χ3v) is 18.8. The van der Waals surface area contributed by atoms with E-state index in [1.54, 1.807) is 75.9 Å². The number of para-hydroxylation sites is 3. The van der Waals surface area contributed by atoms with Gasteiger partial charge in [-0.15, -0.1) is 0 Å². The number of Topliss-reactive ketones (excluding diaryl/α,β-unsaturated/α-hetero) is 3. The largest absolute Gasteiger partial charge is 0.493 e. The molecule has 0 radical (unpaired) electrons. The van der Waals surface area contributed by atoms with Crippen LogP contribution in [0.1, 0.15) is 169 Å². The van der Waals surface area contributed by atoms with Gasteiger partial charge in [0.1, 0.15) is 34.1 Å². The van der Waals surface area contributed by atoms with Crippen molar-refractivity contribution < 1.29 is 71.4 Å². The van der Waals surface area contributed by atoms with E-state index >= 15 is 0 Å². The summed E-state index contributed by atoms with van der Waals surface area (Å²) in [6.45, 7) is 20.7. The lowest BCUT2D eigenvalue weighted by Crippen LogP contribution is -2.61. The molecule has 3 saturated heterocycles. The molecule has 6 aliphatic rings. The molecule has 6 aliphatic heterocycles. The van der Waals surface area contributed by atoms with E-state index in [2.05, 4.69) is 22.6 Å². The first-order valence-corrected chi connectivity index (χ1v) is 34.9. The highest BCUT2D eigenvalue weighted by Gasteiger charge is 2.57. The number of likely N-dealkylation sites (tertiary alicyclic amines) is 3. The molecule has 6 aromatic rings. The zero-order valence-corrected chi connectivity index (χ0v) is 59.1. The van der Waals surface area contributed by atoms with Crippen LogP contribution in [0.2, 0.25) is 0 Å². The zero-order valence-electron chi connectivity index (χ0n) is 57.0. The first-order chi connectivity index (χ1) is 45.4. The minimum atomic E-state index is -0.671. The number of carbonyl (C=O) groups excluding carboxylic acids is 6. The molecule has 6 heterocycles. The maximum Gasteiger partial charge on any atom is 0.253 e. The van der Waals surface area contributed by atoms with Crippen LogP contribution in [0, 0.1) is 11.3 Å². The minimum Gasteiger partial charge on any atom is -0.493 e. The summed E-state index contributed by atoms with van der Waals surface area (Å²) in [7, 11) is 4.70. The third kappa shape index (κ3) is 15.2. The van der Waals surface area contributed by atoms with Crippen molar-refractivity contribution in [2.24, 2.45) is 11.3 Å². The highest BCUT2D eigenvalue weighted by atomic mass is 127. The molecule has 3 spiro atoms. The predicted octanol–water partition coefficient (Wildman–Crippen LogP) is 14.3. The van der Waals surface area contributed by atoms with Crippen molar-refractivity contribution >= 4 is 57.7 Å². The number of fused-ring (bicyclic) bond motifs is 3. The van der Waals surface area contributed by atoms with E-state index in [1.807, 2.05) is 155 Å². The fraction of sp³-hybridized carbons (Fsp3) is 0.447. The van der Waals surface area contributed by atoms with Crippen LogP contribution in [0.5, 0.6) is 51.7 Å². The van der Waals surface area contributed by atoms with E-state index in [-0.39, 0.29) is 59.3 Å². The molecule has 12 rings (SSSR count). The molecule has 0 aromatic heterocycles. The van der Waals surface area contributed by atoms with Gasteiger partial charge in [0.15, 0.2) is 51.8 Å². The van der Waals surface area contributed by atoms with Crippen molar-refractivity contribution in [3.8, 4) is 51.7 Å². The summed E-state index contributed by atoms with van der Waals surface area (Å²) in [6, 6.07) is 38.0. The molecule has 1 unspecified atom stereocenters. The first kappa shape index (κ1) is 71.0. The summed E-state index contributed by atoms with van der Waals surface area (Å²) >= 11 is 2.15. The van der Waals surface area contributed by atoms with E-state index in [1.165, 1.54) is 0 Å². The number of amides is 3. The summed E-state index contributed by atoms with van der Waals surface area (Å²) in [5.74, 6) is 5.34. The van der Waals surface area contributed by atoms with Crippen LogP contribution in [0.3, 0.4) is 0 Å². The van der Waals surface area contributed by atoms with Gasteiger partial charge in [0.2, 0.25) is 0 Å². The van der Waals surface area contributed by atoms with E-state index in [0.29, 0.717) is 169 Å². The number of nitrogens with zero attached hydrogens (tertiary/aromatic N) is 3. The monoisotopic (exact) mass is 1410 g/mol. The number of rotatable bonds is 12. The van der Waals surface area contributed by atoms with Crippen molar-refractivity contribution in [3.63, 3.8) is 0 Å². The Bertz CT molecular complexity index is 3760. The van der Waals surface area contributed by atoms with Crippen molar-refractivity contribution in [2.45, 2.75) is 142 Å². The van der Waals surface area contributed by atoms with E-state index in [0.717, 1.165) is 0 Å². The topological polar surface area (TPSA) is 195 Å². The van der Waals surface area contributed by atoms with Gasteiger partial charge in [-0.1, -0.05) is 65.9 Å². The standard InChI is InChI=1S/C26H31NO5.C25H29NO5.C24H27NO5.CH3I/c1-17(2)31-21-11-10-18(16-22(21)30-5)24(29)27-14-12-26(13-15-27)25(3,4)23(28)19-8-6-7-9-20(19)32-26;1-16(2)30-21-10-9-18(15-22(21)29-4)24(28)26-13-11-25(12-14-26)17(3)23(27)19-7-5-6-8-20(19)31-25;1-16(2)29-21-9-8-17(14-22(21)28-3)23(27)25-12-10-24(11-13-25)15-19(26)18-6-4-5-7-20(18)30-24;1-2/h6-11,16-17H,12-15H2,1-5H3;5-10,15-17H,11-14H2,1-4H3;4-9,14,16H,10-13,15H2,1-3H3;1H3. The molecule has 506 valence electrons. The van der Waals surface area contributed by atoms with E-state index in [9.17, 15) is 28.8 Å². The van der Waals surface area contributed by atoms with Crippen LogP contribution < -0.4 is 42.6 Å². The Labute approximate surface area is 572 Å². The number of hydrogen-bond donors (Lipinski definition) is 0. The van der Waals surface area contributed by atoms with Gasteiger partial charge in [0, 0.05) is 94.5 Å². The summed E-state index contributed by atoms with van der Waals surface area (Å²) < 4.78 is 52.6. The molecule has 3 fully saturated rings. The average Bonchev–Trinajstić information content (AvgIpc) is 0.728. The van der Waals surface area contributed by atoms with Crippen molar-refractivity contribution in [1.82, 2.24) is 14.7 Å². The lowest BCUT2D eigenvalue weighted by Gasteiger charge is -2.52. The molecule has 0 bridgehead atoms. The van der Waals surface area contributed by atoms with Gasteiger partial charge in [0.05, 0.1) is 74.1 Å². The summed E-state index contributed by atoms with van der Waals surface area (Å²) in [5, 5.41) is 0. The summed E-state index contributed by atoms with van der Waals surface area (Å²) in [4.78, 5) is 85.6. The van der Waals surface area contributed by atoms with Gasteiger partial charge in [-0.3, -0.25) is 28.8 Å². The number of hydrogen-bond acceptors (Lipinski definition) is 15.